The predicted octanol–water partition coefficient (Wildman–Crippen LogP) is 1.85. The summed E-state index contributed by atoms with van der Waals surface area (Å²) < 4.78 is 31.0. The van der Waals surface area contributed by atoms with E-state index in [0.717, 1.165) is 30.8 Å². The van der Waals surface area contributed by atoms with Crippen molar-refractivity contribution < 1.29 is 13.2 Å². The summed E-state index contributed by atoms with van der Waals surface area (Å²) in [6, 6.07) is 7.47. The van der Waals surface area contributed by atoms with Gasteiger partial charge in [-0.15, -0.1) is 0 Å². The van der Waals surface area contributed by atoms with E-state index in [2.05, 4.69) is 5.32 Å². The van der Waals surface area contributed by atoms with E-state index in [1.165, 1.54) is 4.31 Å². The first-order valence-electron chi connectivity index (χ1n) is 7.27. The number of methoxy groups -OCH3 is 1. The summed E-state index contributed by atoms with van der Waals surface area (Å²) in [7, 11) is 0.0247. The van der Waals surface area contributed by atoms with Crippen LogP contribution in [0.4, 0.5) is 0 Å². The van der Waals surface area contributed by atoms with Crippen molar-refractivity contribution in [1.82, 2.24) is 9.62 Å². The minimum absolute atomic E-state index is 0.193. The largest absolute Gasteiger partial charge is 0.497 e. The molecule has 0 amide bonds. The van der Waals surface area contributed by atoms with Gasteiger partial charge >= 0.3 is 0 Å². The van der Waals surface area contributed by atoms with E-state index in [0.29, 0.717) is 13.0 Å². The molecule has 120 valence electrons. The number of hydrogen-bond donors (Lipinski definition) is 1. The van der Waals surface area contributed by atoms with Crippen LogP contribution in [-0.2, 0) is 16.6 Å². The predicted molar refractivity (Wildman–Crippen MR) is 86.0 cm³/mol. The highest BCUT2D eigenvalue weighted by molar-refractivity contribution is 7.89. The van der Waals surface area contributed by atoms with Crippen molar-refractivity contribution in [2.45, 2.75) is 26.3 Å². The van der Waals surface area contributed by atoms with Gasteiger partial charge in [-0.05, 0) is 43.6 Å². The van der Waals surface area contributed by atoms with Crippen LogP contribution in [-0.4, -0.2) is 45.7 Å². The lowest BCUT2D eigenvalue weighted by molar-refractivity contribution is 0.412. The Hall–Kier alpha value is -1.11. The third-order valence-corrected chi connectivity index (χ3v) is 5.15. The Morgan fingerprint density at radius 3 is 2.71 bits per heavy atom. The molecule has 0 aliphatic heterocycles. The molecule has 1 aromatic rings. The number of rotatable bonds is 10. The SMILES string of the molecule is CCNCCCCS(=O)(=O)N(C)Cc1cccc(OC)c1. The molecular formula is C15H26N2O3S. The molecule has 0 atom stereocenters. The fourth-order valence-electron chi connectivity index (χ4n) is 1.99. The molecule has 1 rings (SSSR count). The normalized spacial score (nSPS) is 11.8. The highest BCUT2D eigenvalue weighted by atomic mass is 32.2. The zero-order valence-electron chi connectivity index (χ0n) is 13.1. The summed E-state index contributed by atoms with van der Waals surface area (Å²) in [5, 5.41) is 3.19. The topological polar surface area (TPSA) is 58.6 Å². The Kier molecular flexibility index (Phi) is 7.71. The van der Waals surface area contributed by atoms with Crippen molar-refractivity contribution in [3.8, 4) is 5.75 Å². The number of ether oxygens (including phenoxy) is 1. The van der Waals surface area contributed by atoms with Crippen molar-refractivity contribution in [1.29, 1.82) is 0 Å². The first-order valence-corrected chi connectivity index (χ1v) is 8.88. The standard InChI is InChI=1S/C15H26N2O3S/c1-4-16-10-5-6-11-21(18,19)17(2)13-14-8-7-9-15(12-14)20-3/h7-9,12,16H,4-6,10-11,13H2,1-3H3. The summed E-state index contributed by atoms with van der Waals surface area (Å²) in [6.07, 6.45) is 1.55. The number of benzene rings is 1. The lowest BCUT2D eigenvalue weighted by Gasteiger charge is -2.17. The van der Waals surface area contributed by atoms with Gasteiger partial charge in [-0.2, -0.15) is 0 Å². The van der Waals surface area contributed by atoms with E-state index in [-0.39, 0.29) is 5.75 Å². The van der Waals surface area contributed by atoms with Crippen LogP contribution in [0.1, 0.15) is 25.3 Å². The van der Waals surface area contributed by atoms with Crippen molar-refractivity contribution in [2.75, 3.05) is 33.0 Å². The van der Waals surface area contributed by atoms with Gasteiger partial charge in [0.05, 0.1) is 12.9 Å². The van der Waals surface area contributed by atoms with E-state index >= 15 is 0 Å². The monoisotopic (exact) mass is 314 g/mol. The van der Waals surface area contributed by atoms with E-state index in [1.54, 1.807) is 14.2 Å². The zero-order valence-corrected chi connectivity index (χ0v) is 13.9. The molecule has 0 radical (unpaired) electrons. The van der Waals surface area contributed by atoms with Crippen LogP contribution >= 0.6 is 0 Å². The van der Waals surface area contributed by atoms with E-state index < -0.39 is 10.0 Å². The Balaban J connectivity index is 2.50. The molecule has 0 bridgehead atoms. The maximum absolute atomic E-state index is 12.2. The van der Waals surface area contributed by atoms with Crippen LogP contribution in [0.25, 0.3) is 0 Å². The Bertz CT molecular complexity index is 517. The van der Waals surface area contributed by atoms with Gasteiger partial charge in [0.2, 0.25) is 10.0 Å². The second kappa shape index (κ2) is 9.02. The zero-order chi connectivity index (χ0) is 15.7. The molecule has 6 heteroatoms. The van der Waals surface area contributed by atoms with Gasteiger partial charge in [0.25, 0.3) is 0 Å². The lowest BCUT2D eigenvalue weighted by Crippen LogP contribution is -2.29. The van der Waals surface area contributed by atoms with Crippen molar-refractivity contribution >= 4 is 10.0 Å². The van der Waals surface area contributed by atoms with E-state index in [9.17, 15) is 8.42 Å². The Morgan fingerprint density at radius 1 is 1.29 bits per heavy atom. The van der Waals surface area contributed by atoms with Crippen LogP contribution in [0.15, 0.2) is 24.3 Å². The Labute approximate surface area is 128 Å². The average Bonchev–Trinajstić information content (AvgIpc) is 2.47. The third kappa shape index (κ3) is 6.46. The number of nitrogens with zero attached hydrogens (tertiary/aromatic N) is 1. The fraction of sp³-hybridized carbons (Fsp3) is 0.600. The Morgan fingerprint density at radius 2 is 2.05 bits per heavy atom. The van der Waals surface area contributed by atoms with Crippen molar-refractivity contribution in [2.24, 2.45) is 0 Å². The molecule has 21 heavy (non-hydrogen) atoms. The van der Waals surface area contributed by atoms with Gasteiger partial charge in [0.15, 0.2) is 0 Å². The third-order valence-electron chi connectivity index (χ3n) is 3.27. The van der Waals surface area contributed by atoms with Crippen LogP contribution < -0.4 is 10.1 Å². The van der Waals surface area contributed by atoms with Gasteiger partial charge in [0, 0.05) is 13.6 Å². The highest BCUT2D eigenvalue weighted by Gasteiger charge is 2.17. The number of sulfonamides is 1. The van der Waals surface area contributed by atoms with Crippen LogP contribution in [0.3, 0.4) is 0 Å². The first-order chi connectivity index (χ1) is 9.99. The summed E-state index contributed by atoms with van der Waals surface area (Å²) in [5.41, 5.74) is 0.924. The van der Waals surface area contributed by atoms with E-state index in [1.807, 2.05) is 31.2 Å². The molecule has 1 N–H and O–H groups in total. The maximum Gasteiger partial charge on any atom is 0.214 e. The minimum Gasteiger partial charge on any atom is -0.497 e. The molecule has 0 spiro atoms. The molecule has 5 nitrogen and oxygen atoms in total. The quantitative estimate of drug-likeness (QED) is 0.670. The van der Waals surface area contributed by atoms with Crippen LogP contribution in [0, 0.1) is 0 Å². The number of nitrogens with one attached hydrogen (secondary N) is 1. The molecule has 0 aliphatic rings. The van der Waals surface area contributed by atoms with Gasteiger partial charge in [-0.25, -0.2) is 12.7 Å². The van der Waals surface area contributed by atoms with Gasteiger partial charge < -0.3 is 10.1 Å². The second-order valence-corrected chi connectivity index (χ2v) is 7.18. The number of unbranched alkanes of at least 4 members (excludes halogenated alkanes) is 1. The van der Waals surface area contributed by atoms with Gasteiger partial charge in [-0.3, -0.25) is 0 Å². The van der Waals surface area contributed by atoms with E-state index in [4.69, 9.17) is 4.74 Å². The summed E-state index contributed by atoms with van der Waals surface area (Å²) >= 11 is 0. The molecule has 0 saturated carbocycles. The highest BCUT2D eigenvalue weighted by Crippen LogP contribution is 2.15. The fourth-order valence-corrected chi connectivity index (χ4v) is 3.22. The summed E-state index contributed by atoms with van der Waals surface area (Å²) in [5.74, 6) is 0.933. The average molecular weight is 314 g/mol. The smallest absolute Gasteiger partial charge is 0.214 e. The molecule has 0 heterocycles. The molecule has 0 aromatic heterocycles. The molecular weight excluding hydrogens is 288 g/mol. The summed E-state index contributed by atoms with van der Waals surface area (Å²) in [4.78, 5) is 0. The lowest BCUT2D eigenvalue weighted by atomic mass is 10.2. The molecule has 0 saturated heterocycles. The maximum atomic E-state index is 12.2. The molecule has 1 aromatic carbocycles. The number of hydrogen-bond acceptors (Lipinski definition) is 4. The molecule has 0 fully saturated rings. The van der Waals surface area contributed by atoms with Crippen molar-refractivity contribution in [3.63, 3.8) is 0 Å². The van der Waals surface area contributed by atoms with Crippen molar-refractivity contribution in [3.05, 3.63) is 29.8 Å². The minimum atomic E-state index is -3.20. The first kappa shape index (κ1) is 17.9. The molecule has 0 unspecified atom stereocenters. The van der Waals surface area contributed by atoms with Gasteiger partial charge in [0.1, 0.15) is 5.75 Å². The molecule has 0 aliphatic carbocycles. The van der Waals surface area contributed by atoms with Crippen LogP contribution in [0.5, 0.6) is 5.75 Å². The van der Waals surface area contributed by atoms with Crippen LogP contribution in [0.2, 0.25) is 0 Å². The van der Waals surface area contributed by atoms with Gasteiger partial charge in [-0.1, -0.05) is 19.1 Å². The summed E-state index contributed by atoms with van der Waals surface area (Å²) in [6.45, 7) is 4.19. The second-order valence-electron chi connectivity index (χ2n) is 4.98.